The van der Waals surface area contributed by atoms with Crippen LogP contribution in [0, 0.1) is 0 Å². The molecule has 320 valence electrons. The van der Waals surface area contributed by atoms with E-state index in [0.29, 0.717) is 19.3 Å². The van der Waals surface area contributed by atoms with Gasteiger partial charge in [-0.15, -0.1) is 0 Å². The summed E-state index contributed by atoms with van der Waals surface area (Å²) in [5.74, 6) is -0.515. The minimum atomic E-state index is -0.789. The van der Waals surface area contributed by atoms with E-state index in [1.807, 2.05) is 0 Å². The van der Waals surface area contributed by atoms with Crippen LogP contribution in [0.5, 0.6) is 0 Å². The molecule has 6 heteroatoms. The van der Waals surface area contributed by atoms with E-state index in [0.717, 1.165) is 83.5 Å². The van der Waals surface area contributed by atoms with Crippen LogP contribution in [0.1, 0.15) is 226 Å². The fourth-order valence-corrected chi connectivity index (χ4v) is 6.82. The number of nitrogens with one attached hydrogen (secondary N) is 1. The third-order valence-electron chi connectivity index (χ3n) is 10.4. The van der Waals surface area contributed by atoms with Crippen molar-refractivity contribution in [2.45, 2.75) is 244 Å². The third-order valence-corrected chi connectivity index (χ3v) is 10.4. The van der Waals surface area contributed by atoms with E-state index in [2.05, 4.69) is 74.7 Å². The fourth-order valence-electron chi connectivity index (χ4n) is 6.82. The highest BCUT2D eigenvalue weighted by molar-refractivity contribution is 5.77. The standard InChI is InChI=1S/C49H89NO5/c1-4-7-10-13-16-18-20-21-22-23-24-25-26-27-28-30-33-36-39-42-49(54)55-45(40-37-34-31-15-12-9-6-3)43-48(53)50-46(44-51)47(52)41-38-35-32-29-19-17-14-11-8-5-2/h16,18,21-22,24-25,27-28,45-47,51-52H,4-15,17,19-20,23,26,29-44H2,1-3H3,(H,50,53)/b18-16-,22-21-,25-24-,28-27-. The Kier molecular flexibility index (Phi) is 41.2. The molecule has 0 saturated carbocycles. The van der Waals surface area contributed by atoms with Gasteiger partial charge in [-0.2, -0.15) is 0 Å². The Morgan fingerprint density at radius 3 is 1.42 bits per heavy atom. The molecular weight excluding hydrogens is 683 g/mol. The van der Waals surface area contributed by atoms with Gasteiger partial charge in [-0.05, 0) is 70.6 Å². The number of aliphatic hydroxyl groups is 2. The van der Waals surface area contributed by atoms with Crippen molar-refractivity contribution in [3.05, 3.63) is 48.6 Å². The topological polar surface area (TPSA) is 95.9 Å². The first-order chi connectivity index (χ1) is 27.0. The van der Waals surface area contributed by atoms with Gasteiger partial charge in [-0.3, -0.25) is 9.59 Å². The number of hydrogen-bond acceptors (Lipinski definition) is 5. The molecule has 3 N–H and O–H groups in total. The lowest BCUT2D eigenvalue weighted by atomic mass is 10.0. The Morgan fingerprint density at radius 2 is 0.927 bits per heavy atom. The summed E-state index contributed by atoms with van der Waals surface area (Å²) in [4.78, 5) is 25.9. The number of unbranched alkanes of at least 4 members (excludes halogenated alkanes) is 21. The van der Waals surface area contributed by atoms with Crippen molar-refractivity contribution < 1.29 is 24.5 Å². The summed E-state index contributed by atoms with van der Waals surface area (Å²) in [5, 5.41) is 23.5. The largest absolute Gasteiger partial charge is 0.462 e. The van der Waals surface area contributed by atoms with Crippen LogP contribution in [0.2, 0.25) is 0 Å². The highest BCUT2D eigenvalue weighted by Gasteiger charge is 2.24. The third kappa shape index (κ3) is 38.5. The molecule has 55 heavy (non-hydrogen) atoms. The van der Waals surface area contributed by atoms with Crippen LogP contribution < -0.4 is 5.32 Å². The number of carbonyl (C=O) groups is 2. The Bertz CT molecular complexity index is 957. The Labute approximate surface area is 340 Å². The Hall–Kier alpha value is -2.18. The second-order valence-electron chi connectivity index (χ2n) is 15.8. The summed E-state index contributed by atoms with van der Waals surface area (Å²) in [6.07, 6.45) is 50.4. The van der Waals surface area contributed by atoms with Gasteiger partial charge in [0.1, 0.15) is 6.10 Å². The lowest BCUT2D eigenvalue weighted by Gasteiger charge is -2.24. The maximum absolute atomic E-state index is 13.1. The molecule has 0 aliphatic rings. The number of allylic oxidation sites excluding steroid dienone is 8. The predicted molar refractivity (Wildman–Crippen MR) is 236 cm³/mol. The number of carbonyl (C=O) groups excluding carboxylic acids is 2. The van der Waals surface area contributed by atoms with Gasteiger partial charge < -0.3 is 20.3 Å². The SMILES string of the molecule is CCCCC/C=C\C/C=C\C/C=C\C/C=C\CCCCCC(=O)OC(CCCCCCCCC)CC(=O)NC(CO)C(O)CCCCCCCCCCCC. The summed E-state index contributed by atoms with van der Waals surface area (Å²) in [7, 11) is 0. The van der Waals surface area contributed by atoms with Gasteiger partial charge in [-0.1, -0.05) is 191 Å². The zero-order valence-electron chi connectivity index (χ0n) is 36.3. The molecule has 3 unspecified atom stereocenters. The summed E-state index contributed by atoms with van der Waals surface area (Å²) in [5.41, 5.74) is 0. The summed E-state index contributed by atoms with van der Waals surface area (Å²) >= 11 is 0. The van der Waals surface area contributed by atoms with Gasteiger partial charge in [0.25, 0.3) is 0 Å². The van der Waals surface area contributed by atoms with Gasteiger partial charge in [0.15, 0.2) is 0 Å². The molecule has 0 fully saturated rings. The maximum Gasteiger partial charge on any atom is 0.306 e. The normalized spacial score (nSPS) is 13.8. The molecule has 6 nitrogen and oxygen atoms in total. The molecular formula is C49H89NO5. The lowest BCUT2D eigenvalue weighted by molar-refractivity contribution is -0.151. The smallest absolute Gasteiger partial charge is 0.306 e. The van der Waals surface area contributed by atoms with E-state index in [9.17, 15) is 19.8 Å². The van der Waals surface area contributed by atoms with Crippen LogP contribution in [0.3, 0.4) is 0 Å². The molecule has 0 spiro atoms. The van der Waals surface area contributed by atoms with Crippen LogP contribution in [0.4, 0.5) is 0 Å². The monoisotopic (exact) mass is 772 g/mol. The van der Waals surface area contributed by atoms with Crippen LogP contribution in [0.15, 0.2) is 48.6 Å². The second kappa shape index (κ2) is 43.0. The molecule has 1 amide bonds. The number of ether oxygens (including phenoxy) is 1. The van der Waals surface area contributed by atoms with E-state index in [1.54, 1.807) is 0 Å². The maximum atomic E-state index is 13.1. The molecule has 0 aliphatic heterocycles. The average Bonchev–Trinajstić information content (AvgIpc) is 3.18. The van der Waals surface area contributed by atoms with E-state index >= 15 is 0 Å². The quantitative estimate of drug-likeness (QED) is 0.0327. The van der Waals surface area contributed by atoms with E-state index in [-0.39, 0.29) is 24.9 Å². The first-order valence-corrected chi connectivity index (χ1v) is 23.4. The molecule has 0 heterocycles. The lowest BCUT2D eigenvalue weighted by Crippen LogP contribution is -2.46. The van der Waals surface area contributed by atoms with E-state index in [1.165, 1.54) is 96.3 Å². The van der Waals surface area contributed by atoms with Gasteiger partial charge >= 0.3 is 5.97 Å². The van der Waals surface area contributed by atoms with Crippen LogP contribution in [-0.4, -0.2) is 46.9 Å². The molecule has 0 aromatic carbocycles. The molecule has 0 aromatic rings. The Morgan fingerprint density at radius 1 is 0.527 bits per heavy atom. The molecule has 0 bridgehead atoms. The van der Waals surface area contributed by atoms with Gasteiger partial charge in [0, 0.05) is 6.42 Å². The zero-order chi connectivity index (χ0) is 40.3. The van der Waals surface area contributed by atoms with Crippen molar-refractivity contribution in [3.63, 3.8) is 0 Å². The second-order valence-corrected chi connectivity index (χ2v) is 15.8. The molecule has 0 saturated heterocycles. The van der Waals surface area contributed by atoms with Crippen LogP contribution in [0.25, 0.3) is 0 Å². The minimum absolute atomic E-state index is 0.0646. The number of rotatable bonds is 41. The number of hydrogen-bond donors (Lipinski definition) is 3. The molecule has 0 rings (SSSR count). The fraction of sp³-hybridized carbons (Fsp3) is 0.796. The molecule has 0 aromatic heterocycles. The van der Waals surface area contributed by atoms with Gasteiger partial charge in [0.2, 0.25) is 5.91 Å². The minimum Gasteiger partial charge on any atom is -0.462 e. The van der Waals surface area contributed by atoms with Gasteiger partial charge in [0.05, 0.1) is 25.2 Å². The summed E-state index contributed by atoms with van der Waals surface area (Å²) in [6, 6.07) is -0.703. The predicted octanol–water partition coefficient (Wildman–Crippen LogP) is 13.5. The van der Waals surface area contributed by atoms with E-state index < -0.39 is 18.2 Å². The van der Waals surface area contributed by atoms with Crippen molar-refractivity contribution in [2.75, 3.05) is 6.61 Å². The van der Waals surface area contributed by atoms with Crippen molar-refractivity contribution in [1.82, 2.24) is 5.32 Å². The van der Waals surface area contributed by atoms with Crippen molar-refractivity contribution in [3.8, 4) is 0 Å². The van der Waals surface area contributed by atoms with Crippen molar-refractivity contribution in [1.29, 1.82) is 0 Å². The van der Waals surface area contributed by atoms with Gasteiger partial charge in [-0.25, -0.2) is 0 Å². The van der Waals surface area contributed by atoms with Crippen LogP contribution in [-0.2, 0) is 14.3 Å². The summed E-state index contributed by atoms with van der Waals surface area (Å²) < 4.78 is 5.86. The average molecular weight is 772 g/mol. The summed E-state index contributed by atoms with van der Waals surface area (Å²) in [6.45, 7) is 6.39. The molecule has 0 radical (unpaired) electrons. The molecule has 0 aliphatic carbocycles. The highest BCUT2D eigenvalue weighted by atomic mass is 16.5. The number of amides is 1. The highest BCUT2D eigenvalue weighted by Crippen LogP contribution is 2.17. The number of aliphatic hydroxyl groups excluding tert-OH is 2. The molecule has 3 atom stereocenters. The Balaban J connectivity index is 4.46. The van der Waals surface area contributed by atoms with Crippen molar-refractivity contribution >= 4 is 11.9 Å². The van der Waals surface area contributed by atoms with E-state index in [4.69, 9.17) is 4.74 Å². The van der Waals surface area contributed by atoms with Crippen LogP contribution >= 0.6 is 0 Å². The number of esters is 1. The first kappa shape index (κ1) is 52.8. The first-order valence-electron chi connectivity index (χ1n) is 23.4. The zero-order valence-corrected chi connectivity index (χ0v) is 36.3. The van der Waals surface area contributed by atoms with Crippen molar-refractivity contribution in [2.24, 2.45) is 0 Å².